The SMILES string of the molecule is COc1cccc(C2CCCN2Cc2cc(C(C)=O)ccc2OC)c1. The van der Waals surface area contributed by atoms with Crippen LogP contribution in [0.5, 0.6) is 11.5 Å². The quantitative estimate of drug-likeness (QED) is 0.738. The zero-order chi connectivity index (χ0) is 17.8. The number of hydrogen-bond acceptors (Lipinski definition) is 4. The molecule has 0 saturated carbocycles. The second-order valence-electron chi connectivity index (χ2n) is 6.49. The zero-order valence-electron chi connectivity index (χ0n) is 15.1. The van der Waals surface area contributed by atoms with E-state index in [0.29, 0.717) is 6.04 Å². The molecule has 1 aliphatic heterocycles. The van der Waals surface area contributed by atoms with Gasteiger partial charge in [-0.3, -0.25) is 9.69 Å². The molecular weight excluding hydrogens is 314 g/mol. The van der Waals surface area contributed by atoms with Gasteiger partial charge >= 0.3 is 0 Å². The molecule has 0 amide bonds. The minimum atomic E-state index is 0.0784. The van der Waals surface area contributed by atoms with Gasteiger partial charge in [0.05, 0.1) is 14.2 Å². The summed E-state index contributed by atoms with van der Waals surface area (Å²) in [6.07, 6.45) is 2.29. The highest BCUT2D eigenvalue weighted by atomic mass is 16.5. The lowest BCUT2D eigenvalue weighted by Crippen LogP contribution is -2.23. The number of likely N-dealkylation sites (tertiary alicyclic amines) is 1. The molecule has 1 unspecified atom stereocenters. The van der Waals surface area contributed by atoms with Crippen molar-refractivity contribution in [3.63, 3.8) is 0 Å². The van der Waals surface area contributed by atoms with Crippen molar-refractivity contribution in [1.29, 1.82) is 0 Å². The van der Waals surface area contributed by atoms with Gasteiger partial charge in [0.1, 0.15) is 11.5 Å². The molecule has 4 nitrogen and oxygen atoms in total. The Morgan fingerprint density at radius 3 is 2.72 bits per heavy atom. The van der Waals surface area contributed by atoms with Crippen LogP contribution in [0.15, 0.2) is 42.5 Å². The second-order valence-corrected chi connectivity index (χ2v) is 6.49. The minimum Gasteiger partial charge on any atom is -0.497 e. The number of carbonyl (C=O) groups is 1. The van der Waals surface area contributed by atoms with Crippen LogP contribution in [-0.2, 0) is 6.54 Å². The molecule has 0 radical (unpaired) electrons. The molecule has 132 valence electrons. The molecule has 4 heteroatoms. The van der Waals surface area contributed by atoms with Crippen molar-refractivity contribution in [3.05, 3.63) is 59.2 Å². The second kappa shape index (κ2) is 7.70. The van der Waals surface area contributed by atoms with Crippen LogP contribution in [0.2, 0.25) is 0 Å². The molecular formula is C21H25NO3. The average Bonchev–Trinajstić information content (AvgIpc) is 3.09. The molecule has 2 aromatic rings. The Morgan fingerprint density at radius 2 is 2.00 bits per heavy atom. The molecule has 0 aromatic heterocycles. The molecule has 0 spiro atoms. The summed E-state index contributed by atoms with van der Waals surface area (Å²) >= 11 is 0. The van der Waals surface area contributed by atoms with Crippen molar-refractivity contribution in [3.8, 4) is 11.5 Å². The van der Waals surface area contributed by atoms with E-state index in [9.17, 15) is 4.79 Å². The van der Waals surface area contributed by atoms with Crippen LogP contribution in [0, 0.1) is 0 Å². The van der Waals surface area contributed by atoms with E-state index >= 15 is 0 Å². The third-order valence-corrected chi connectivity index (χ3v) is 4.90. The third-order valence-electron chi connectivity index (χ3n) is 4.90. The first-order chi connectivity index (χ1) is 12.1. The number of methoxy groups -OCH3 is 2. The molecule has 1 heterocycles. The summed E-state index contributed by atoms with van der Waals surface area (Å²) in [6, 6.07) is 14.3. The number of Topliss-reactive ketones (excluding diaryl/α,β-unsaturated/α-hetero) is 1. The van der Waals surface area contributed by atoms with Gasteiger partial charge in [-0.2, -0.15) is 0 Å². The monoisotopic (exact) mass is 339 g/mol. The molecule has 1 fully saturated rings. The molecule has 0 bridgehead atoms. The summed E-state index contributed by atoms with van der Waals surface area (Å²) in [4.78, 5) is 14.2. The highest BCUT2D eigenvalue weighted by Crippen LogP contribution is 2.35. The van der Waals surface area contributed by atoms with Crippen LogP contribution in [0.4, 0.5) is 0 Å². The highest BCUT2D eigenvalue weighted by Gasteiger charge is 2.27. The summed E-state index contributed by atoms with van der Waals surface area (Å²) in [5.74, 6) is 1.80. The van der Waals surface area contributed by atoms with Gasteiger partial charge in [-0.05, 0) is 62.2 Å². The number of carbonyl (C=O) groups excluding carboxylic acids is 1. The van der Waals surface area contributed by atoms with E-state index < -0.39 is 0 Å². The number of hydrogen-bond donors (Lipinski definition) is 0. The maximum atomic E-state index is 11.7. The van der Waals surface area contributed by atoms with Crippen LogP contribution in [-0.4, -0.2) is 31.4 Å². The largest absolute Gasteiger partial charge is 0.497 e. The van der Waals surface area contributed by atoms with Gasteiger partial charge in [0.15, 0.2) is 5.78 Å². The average molecular weight is 339 g/mol. The predicted molar refractivity (Wildman–Crippen MR) is 98.4 cm³/mol. The van der Waals surface area contributed by atoms with Crippen molar-refractivity contribution in [2.24, 2.45) is 0 Å². The van der Waals surface area contributed by atoms with Crippen molar-refractivity contribution in [2.75, 3.05) is 20.8 Å². The Balaban J connectivity index is 1.86. The molecule has 1 saturated heterocycles. The standard InChI is InChI=1S/C21H25NO3/c1-15(23)16-9-10-21(25-3)18(12-16)14-22-11-5-8-20(22)17-6-4-7-19(13-17)24-2/h4,6-7,9-10,12-13,20H,5,8,11,14H2,1-3H3. The number of rotatable bonds is 6. The Morgan fingerprint density at radius 1 is 1.16 bits per heavy atom. The van der Waals surface area contributed by atoms with Gasteiger partial charge in [-0.1, -0.05) is 12.1 Å². The zero-order valence-corrected chi connectivity index (χ0v) is 15.1. The highest BCUT2D eigenvalue weighted by molar-refractivity contribution is 5.94. The fraction of sp³-hybridized carbons (Fsp3) is 0.381. The lowest BCUT2D eigenvalue weighted by atomic mass is 10.0. The predicted octanol–water partition coefficient (Wildman–Crippen LogP) is 4.24. The first-order valence-corrected chi connectivity index (χ1v) is 8.68. The lowest BCUT2D eigenvalue weighted by Gasteiger charge is -2.26. The maximum absolute atomic E-state index is 11.7. The van der Waals surface area contributed by atoms with Gasteiger partial charge in [-0.15, -0.1) is 0 Å². The van der Waals surface area contributed by atoms with Crippen LogP contribution in [0.1, 0.15) is 47.3 Å². The van der Waals surface area contributed by atoms with Gasteiger partial charge in [0.2, 0.25) is 0 Å². The Kier molecular flexibility index (Phi) is 5.39. The van der Waals surface area contributed by atoms with E-state index in [1.54, 1.807) is 21.1 Å². The summed E-state index contributed by atoms with van der Waals surface area (Å²) < 4.78 is 10.9. The summed E-state index contributed by atoms with van der Waals surface area (Å²) in [5.41, 5.74) is 3.07. The number of ether oxygens (including phenoxy) is 2. The van der Waals surface area contributed by atoms with Crippen molar-refractivity contribution in [1.82, 2.24) is 4.90 Å². The summed E-state index contributed by atoms with van der Waals surface area (Å²) in [5, 5.41) is 0. The molecule has 1 atom stereocenters. The van der Waals surface area contributed by atoms with E-state index in [1.165, 1.54) is 5.56 Å². The fourth-order valence-electron chi connectivity index (χ4n) is 3.58. The molecule has 0 aliphatic carbocycles. The van der Waals surface area contributed by atoms with Crippen molar-refractivity contribution < 1.29 is 14.3 Å². The number of benzene rings is 2. The normalized spacial score (nSPS) is 17.5. The van der Waals surface area contributed by atoms with Gasteiger partial charge < -0.3 is 9.47 Å². The van der Waals surface area contributed by atoms with Crippen molar-refractivity contribution >= 4 is 5.78 Å². The molecule has 2 aromatic carbocycles. The number of ketones is 1. The van der Waals surface area contributed by atoms with Gasteiger partial charge in [0, 0.05) is 23.7 Å². The van der Waals surface area contributed by atoms with Crippen molar-refractivity contribution in [2.45, 2.75) is 32.4 Å². The topological polar surface area (TPSA) is 38.8 Å². The first kappa shape index (κ1) is 17.5. The summed E-state index contributed by atoms with van der Waals surface area (Å²) in [6.45, 7) is 3.40. The lowest BCUT2D eigenvalue weighted by molar-refractivity contribution is 0.101. The van der Waals surface area contributed by atoms with Crippen LogP contribution >= 0.6 is 0 Å². The molecule has 3 rings (SSSR count). The minimum absolute atomic E-state index is 0.0784. The van der Waals surface area contributed by atoms with Gasteiger partial charge in [0.25, 0.3) is 0 Å². The summed E-state index contributed by atoms with van der Waals surface area (Å²) in [7, 11) is 3.37. The maximum Gasteiger partial charge on any atom is 0.159 e. The smallest absolute Gasteiger partial charge is 0.159 e. The van der Waals surface area contributed by atoms with Crippen LogP contribution in [0.3, 0.4) is 0 Å². The number of nitrogens with zero attached hydrogens (tertiary/aromatic N) is 1. The van der Waals surface area contributed by atoms with E-state index in [1.807, 2.05) is 30.3 Å². The Bertz CT molecular complexity index is 757. The van der Waals surface area contributed by atoms with Gasteiger partial charge in [-0.25, -0.2) is 0 Å². The van der Waals surface area contributed by atoms with Crippen LogP contribution in [0.25, 0.3) is 0 Å². The fourth-order valence-corrected chi connectivity index (χ4v) is 3.58. The third kappa shape index (κ3) is 3.85. The Hall–Kier alpha value is -2.33. The molecule has 1 aliphatic rings. The molecule has 0 N–H and O–H groups in total. The van der Waals surface area contributed by atoms with E-state index in [2.05, 4.69) is 17.0 Å². The Labute approximate surface area is 149 Å². The molecule has 25 heavy (non-hydrogen) atoms. The van der Waals surface area contributed by atoms with E-state index in [0.717, 1.165) is 48.6 Å². The van der Waals surface area contributed by atoms with Crippen LogP contribution < -0.4 is 9.47 Å². The first-order valence-electron chi connectivity index (χ1n) is 8.68. The van der Waals surface area contributed by atoms with E-state index in [-0.39, 0.29) is 5.78 Å². The van der Waals surface area contributed by atoms with E-state index in [4.69, 9.17) is 9.47 Å².